The summed E-state index contributed by atoms with van der Waals surface area (Å²) < 4.78 is 25.2. The second-order valence-corrected chi connectivity index (χ2v) is 2.43. The van der Waals surface area contributed by atoms with Gasteiger partial charge in [0.25, 0.3) is 0 Å². The molecule has 0 spiro atoms. The van der Waals surface area contributed by atoms with E-state index in [-0.39, 0.29) is 0 Å². The molecule has 0 amide bonds. The third-order valence-corrected chi connectivity index (χ3v) is 0.365. The third kappa shape index (κ3) is 112. The topological polar surface area (TPSA) is 121 Å². The van der Waals surface area contributed by atoms with E-state index in [4.69, 9.17) is 23.2 Å². The first-order valence-electron chi connectivity index (χ1n) is 2.38. The van der Waals surface area contributed by atoms with Crippen molar-refractivity contribution in [1.29, 1.82) is 0 Å². The van der Waals surface area contributed by atoms with Gasteiger partial charge in [0, 0.05) is 0 Å². The molecule has 0 aromatic carbocycles. The Balaban J connectivity index is 0. The quantitative estimate of drug-likeness (QED) is 0.283. The Hall–Kier alpha value is -0.210. The van der Waals surface area contributed by atoms with Crippen molar-refractivity contribution in [2.24, 2.45) is 5.14 Å². The van der Waals surface area contributed by atoms with Crippen LogP contribution in [0.15, 0.2) is 0 Å². The molecular weight excluding hydrogens is 162 g/mol. The Bertz CT molecular complexity index is 142. The lowest BCUT2D eigenvalue weighted by atomic mass is 10.5. The molecule has 0 aromatic heterocycles. The van der Waals surface area contributed by atoms with Gasteiger partial charge in [-0.3, -0.25) is 4.55 Å². The number of aliphatic hydroxyl groups is 2. The highest BCUT2D eigenvalue weighted by atomic mass is 32.2. The summed E-state index contributed by atoms with van der Waals surface area (Å²) in [6.07, 6.45) is -0.699. The molecule has 5 N–H and O–H groups in total. The van der Waals surface area contributed by atoms with Gasteiger partial charge in [-0.05, 0) is 6.42 Å². The molecule has 10 heavy (non-hydrogen) atoms. The van der Waals surface area contributed by atoms with Gasteiger partial charge < -0.3 is 10.2 Å². The first-order chi connectivity index (χ1) is 4.27. The van der Waals surface area contributed by atoms with Crippen LogP contribution in [-0.4, -0.2) is 29.5 Å². The molecular formula is C3H11NO5S. The van der Waals surface area contributed by atoms with Gasteiger partial charge in [0.1, 0.15) is 0 Å². The first-order valence-corrected chi connectivity index (χ1v) is 3.89. The highest BCUT2D eigenvalue weighted by molar-refractivity contribution is 7.83. The van der Waals surface area contributed by atoms with Crippen molar-refractivity contribution in [2.45, 2.75) is 19.6 Å². The maximum Gasteiger partial charge on any atom is 0.330 e. The predicted octanol–water partition coefficient (Wildman–Crippen LogP) is -1.54. The van der Waals surface area contributed by atoms with Gasteiger partial charge in [-0.25, -0.2) is 5.14 Å². The maximum atomic E-state index is 8.97. The Morgan fingerprint density at radius 3 is 1.60 bits per heavy atom. The largest absolute Gasteiger partial charge is 0.368 e. The van der Waals surface area contributed by atoms with E-state index in [9.17, 15) is 0 Å². The second kappa shape index (κ2) is 5.57. The standard InChI is InChI=1S/C3H8O2.H3NO3S/c1-2-3(4)5;1-5(2,3)4/h3-5H,2H2,1H3;(H3,1,2,3,4). The molecule has 0 unspecified atom stereocenters. The molecule has 0 aliphatic heterocycles. The molecule has 64 valence electrons. The Morgan fingerprint density at radius 1 is 1.50 bits per heavy atom. The SMILES string of the molecule is CCC(O)O.NS(=O)(=O)O. The van der Waals surface area contributed by atoms with Crippen LogP contribution in [0.4, 0.5) is 0 Å². The van der Waals surface area contributed by atoms with Crippen molar-refractivity contribution in [2.75, 3.05) is 0 Å². The van der Waals surface area contributed by atoms with E-state index >= 15 is 0 Å². The lowest BCUT2D eigenvalue weighted by molar-refractivity contribution is -0.0413. The van der Waals surface area contributed by atoms with Crippen LogP contribution in [0.5, 0.6) is 0 Å². The zero-order chi connectivity index (χ0) is 8.78. The van der Waals surface area contributed by atoms with E-state index in [1.165, 1.54) is 0 Å². The molecule has 0 rings (SSSR count). The van der Waals surface area contributed by atoms with Crippen molar-refractivity contribution in [1.82, 2.24) is 0 Å². The molecule has 0 fully saturated rings. The number of nitrogens with two attached hydrogens (primary N) is 1. The fraction of sp³-hybridized carbons (Fsp3) is 1.00. The van der Waals surface area contributed by atoms with Crippen molar-refractivity contribution < 1.29 is 23.2 Å². The lowest BCUT2D eigenvalue weighted by Crippen LogP contribution is -2.08. The summed E-state index contributed by atoms with van der Waals surface area (Å²) in [5.41, 5.74) is 0. The van der Waals surface area contributed by atoms with Gasteiger partial charge in [-0.1, -0.05) is 6.92 Å². The van der Waals surface area contributed by atoms with Crippen LogP contribution in [0, 0.1) is 0 Å². The number of rotatable bonds is 1. The van der Waals surface area contributed by atoms with Gasteiger partial charge >= 0.3 is 10.3 Å². The fourth-order valence-corrected chi connectivity index (χ4v) is 0. The minimum Gasteiger partial charge on any atom is -0.368 e. The number of hydrogen-bond donors (Lipinski definition) is 4. The second-order valence-electron chi connectivity index (χ2n) is 1.40. The van der Waals surface area contributed by atoms with Gasteiger partial charge in [-0.2, -0.15) is 8.42 Å². The summed E-state index contributed by atoms with van der Waals surface area (Å²) in [5, 5.41) is 19.7. The molecule has 0 saturated heterocycles. The Labute approximate surface area is 59.2 Å². The van der Waals surface area contributed by atoms with E-state index in [1.54, 1.807) is 6.92 Å². The van der Waals surface area contributed by atoms with E-state index < -0.39 is 16.6 Å². The molecule has 0 atom stereocenters. The van der Waals surface area contributed by atoms with Crippen molar-refractivity contribution in [3.05, 3.63) is 0 Å². The average molecular weight is 173 g/mol. The predicted molar refractivity (Wildman–Crippen MR) is 34.3 cm³/mol. The van der Waals surface area contributed by atoms with Crippen LogP contribution in [-0.2, 0) is 10.3 Å². The van der Waals surface area contributed by atoms with Gasteiger partial charge in [0.15, 0.2) is 6.29 Å². The fourth-order valence-electron chi connectivity index (χ4n) is 0. The summed E-state index contributed by atoms with van der Waals surface area (Å²) in [4.78, 5) is 0. The molecule has 6 nitrogen and oxygen atoms in total. The summed E-state index contributed by atoms with van der Waals surface area (Å²) in [5.74, 6) is 0. The zero-order valence-electron chi connectivity index (χ0n) is 5.43. The number of hydrogen-bond acceptors (Lipinski definition) is 4. The highest BCUT2D eigenvalue weighted by Crippen LogP contribution is 1.77. The van der Waals surface area contributed by atoms with Crippen LogP contribution in [0.2, 0.25) is 0 Å². The van der Waals surface area contributed by atoms with Crippen LogP contribution in [0.25, 0.3) is 0 Å². The monoisotopic (exact) mass is 173 g/mol. The average Bonchev–Trinajstić information content (AvgIpc) is 1.61. The normalized spacial score (nSPS) is 10.6. The maximum absolute atomic E-state index is 8.97. The third-order valence-electron chi connectivity index (χ3n) is 0.365. The van der Waals surface area contributed by atoms with Gasteiger partial charge in [-0.15, -0.1) is 0 Å². The van der Waals surface area contributed by atoms with Crippen LogP contribution in [0.1, 0.15) is 13.3 Å². The number of aliphatic hydroxyl groups excluding tert-OH is 1. The summed E-state index contributed by atoms with van der Waals surface area (Å²) >= 11 is 0. The van der Waals surface area contributed by atoms with Crippen molar-refractivity contribution in [3.8, 4) is 0 Å². The smallest absolute Gasteiger partial charge is 0.330 e. The minimum atomic E-state index is -4.17. The molecule has 0 heterocycles. The van der Waals surface area contributed by atoms with E-state index in [1.807, 2.05) is 0 Å². The van der Waals surface area contributed by atoms with Crippen molar-refractivity contribution >= 4 is 10.3 Å². The van der Waals surface area contributed by atoms with Gasteiger partial charge in [0.05, 0.1) is 0 Å². The van der Waals surface area contributed by atoms with E-state index in [0.717, 1.165) is 0 Å². The first kappa shape index (κ1) is 12.5. The molecule has 0 aliphatic carbocycles. The molecule has 0 radical (unpaired) electrons. The van der Waals surface area contributed by atoms with Crippen LogP contribution < -0.4 is 5.14 Å². The minimum absolute atomic E-state index is 0.417. The summed E-state index contributed by atoms with van der Waals surface area (Å²) in [6, 6.07) is 0. The molecule has 0 saturated carbocycles. The molecule has 0 aromatic rings. The molecule has 7 heteroatoms. The molecule has 0 bridgehead atoms. The van der Waals surface area contributed by atoms with E-state index in [0.29, 0.717) is 6.42 Å². The lowest BCUT2D eigenvalue weighted by Gasteiger charge is -1.90. The van der Waals surface area contributed by atoms with Gasteiger partial charge in [0.2, 0.25) is 0 Å². The van der Waals surface area contributed by atoms with Crippen LogP contribution in [0.3, 0.4) is 0 Å². The highest BCUT2D eigenvalue weighted by Gasteiger charge is 1.83. The summed E-state index contributed by atoms with van der Waals surface area (Å²) in [7, 11) is -4.17. The zero-order valence-corrected chi connectivity index (χ0v) is 6.24. The Kier molecular flexibility index (Phi) is 6.94. The Morgan fingerprint density at radius 2 is 1.60 bits per heavy atom. The molecule has 0 aliphatic rings. The summed E-state index contributed by atoms with van der Waals surface area (Å²) in [6.45, 7) is 1.70. The van der Waals surface area contributed by atoms with Crippen molar-refractivity contribution in [3.63, 3.8) is 0 Å². The van der Waals surface area contributed by atoms with Crippen LogP contribution >= 0.6 is 0 Å². The van der Waals surface area contributed by atoms with E-state index in [2.05, 4.69) is 5.14 Å².